The van der Waals surface area contributed by atoms with E-state index in [2.05, 4.69) is 14.9 Å². The Morgan fingerprint density at radius 1 is 1.13 bits per heavy atom. The molecule has 0 aliphatic carbocycles. The van der Waals surface area contributed by atoms with Gasteiger partial charge in [-0.25, -0.2) is 8.42 Å². The number of nitrogens with zero attached hydrogens (tertiary/aromatic N) is 1. The monoisotopic (exact) mass is 471 g/mol. The van der Waals surface area contributed by atoms with Gasteiger partial charge in [-0.15, -0.1) is 0 Å². The van der Waals surface area contributed by atoms with Gasteiger partial charge in [0.1, 0.15) is 4.90 Å². The van der Waals surface area contributed by atoms with Crippen LogP contribution in [0.1, 0.15) is 17.3 Å². The topological polar surface area (TPSA) is 87.7 Å². The van der Waals surface area contributed by atoms with Crippen molar-refractivity contribution in [2.75, 3.05) is 37.6 Å². The molecule has 0 saturated carbocycles. The molecule has 1 aliphatic rings. The number of amides is 1. The van der Waals surface area contributed by atoms with Crippen molar-refractivity contribution < 1.29 is 17.9 Å². The molecule has 3 rings (SSSR count). The molecule has 1 atom stereocenters. The highest BCUT2D eigenvalue weighted by Crippen LogP contribution is 2.27. The van der Waals surface area contributed by atoms with Gasteiger partial charge in [-0.1, -0.05) is 23.2 Å². The van der Waals surface area contributed by atoms with Crippen molar-refractivity contribution in [3.63, 3.8) is 0 Å². The maximum atomic E-state index is 12.6. The maximum absolute atomic E-state index is 12.6. The molecule has 2 aromatic carbocycles. The number of sulfonamides is 1. The van der Waals surface area contributed by atoms with Crippen LogP contribution in [0.15, 0.2) is 47.4 Å². The molecule has 7 nitrogen and oxygen atoms in total. The van der Waals surface area contributed by atoms with Crippen molar-refractivity contribution >= 4 is 44.8 Å². The lowest BCUT2D eigenvalue weighted by Crippen LogP contribution is -2.46. The average molecular weight is 472 g/mol. The zero-order chi connectivity index (χ0) is 21.7. The van der Waals surface area contributed by atoms with E-state index >= 15 is 0 Å². The van der Waals surface area contributed by atoms with Gasteiger partial charge in [-0.3, -0.25) is 14.4 Å². The molecule has 30 heavy (non-hydrogen) atoms. The third-order valence-electron chi connectivity index (χ3n) is 4.60. The Labute approximate surface area is 186 Å². The Bertz CT molecular complexity index is 994. The number of nitrogens with one attached hydrogen (secondary N) is 2. The van der Waals surface area contributed by atoms with Gasteiger partial charge in [0, 0.05) is 41.9 Å². The van der Waals surface area contributed by atoms with E-state index in [1.165, 1.54) is 30.3 Å². The normalized spacial score (nSPS) is 16.1. The van der Waals surface area contributed by atoms with Crippen LogP contribution in [0.4, 0.5) is 5.69 Å². The van der Waals surface area contributed by atoms with Gasteiger partial charge >= 0.3 is 0 Å². The Hall–Kier alpha value is -1.84. The van der Waals surface area contributed by atoms with Crippen molar-refractivity contribution in [3.8, 4) is 0 Å². The first kappa shape index (κ1) is 22.8. The first-order valence-corrected chi connectivity index (χ1v) is 11.7. The van der Waals surface area contributed by atoms with Crippen LogP contribution in [-0.4, -0.2) is 58.1 Å². The highest BCUT2D eigenvalue weighted by atomic mass is 35.5. The minimum absolute atomic E-state index is 0.0289. The lowest BCUT2D eigenvalue weighted by Gasteiger charge is -2.29. The zero-order valence-corrected chi connectivity index (χ0v) is 18.7. The average Bonchev–Trinajstić information content (AvgIpc) is 2.70. The first-order chi connectivity index (χ1) is 14.2. The van der Waals surface area contributed by atoms with Crippen LogP contribution in [0.25, 0.3) is 0 Å². The number of carbonyl (C=O) groups is 1. The van der Waals surface area contributed by atoms with Crippen molar-refractivity contribution in [2.45, 2.75) is 17.9 Å². The molecule has 0 bridgehead atoms. The number of anilines is 1. The predicted molar refractivity (Wildman–Crippen MR) is 118 cm³/mol. The molecule has 1 heterocycles. The standard InChI is InChI=1S/C20H23Cl2N3O4S/c1-14(13-25-8-10-29-11-9-25)23-20(26)15-2-5-17(6-3-15)24-30(27,28)19-12-16(21)4-7-18(19)22/h2-7,12,14,24H,8-11,13H2,1H3,(H,23,26). The molecule has 0 aromatic heterocycles. The summed E-state index contributed by atoms with van der Waals surface area (Å²) in [5.41, 5.74) is 0.747. The minimum atomic E-state index is -3.92. The molecule has 0 spiro atoms. The minimum Gasteiger partial charge on any atom is -0.379 e. The van der Waals surface area contributed by atoms with E-state index in [1.807, 2.05) is 6.92 Å². The highest BCUT2D eigenvalue weighted by Gasteiger charge is 2.19. The van der Waals surface area contributed by atoms with E-state index in [9.17, 15) is 13.2 Å². The fraction of sp³-hybridized carbons (Fsp3) is 0.350. The van der Waals surface area contributed by atoms with Crippen LogP contribution < -0.4 is 10.0 Å². The van der Waals surface area contributed by atoms with Gasteiger partial charge in [0.05, 0.1) is 18.2 Å². The van der Waals surface area contributed by atoms with Crippen molar-refractivity contribution in [1.82, 2.24) is 10.2 Å². The lowest BCUT2D eigenvalue weighted by atomic mass is 10.2. The van der Waals surface area contributed by atoms with Crippen molar-refractivity contribution in [3.05, 3.63) is 58.1 Å². The van der Waals surface area contributed by atoms with Crippen LogP contribution in [0.3, 0.4) is 0 Å². The summed E-state index contributed by atoms with van der Waals surface area (Å²) in [7, 11) is -3.92. The predicted octanol–water partition coefficient (Wildman–Crippen LogP) is 3.24. The van der Waals surface area contributed by atoms with E-state index in [4.69, 9.17) is 27.9 Å². The summed E-state index contributed by atoms with van der Waals surface area (Å²) in [5.74, 6) is -0.219. The third kappa shape index (κ3) is 6.09. The Kier molecular flexibility index (Phi) is 7.60. The second-order valence-electron chi connectivity index (χ2n) is 7.05. The van der Waals surface area contributed by atoms with E-state index < -0.39 is 10.0 Å². The zero-order valence-electron chi connectivity index (χ0n) is 16.4. The molecule has 1 saturated heterocycles. The first-order valence-electron chi connectivity index (χ1n) is 9.43. The van der Waals surface area contributed by atoms with Crippen molar-refractivity contribution in [2.24, 2.45) is 0 Å². The smallest absolute Gasteiger partial charge is 0.263 e. The summed E-state index contributed by atoms with van der Waals surface area (Å²) in [6, 6.07) is 10.4. The molecular formula is C20H23Cl2N3O4S. The second kappa shape index (κ2) is 9.98. The van der Waals surface area contributed by atoms with Crippen LogP contribution in [0, 0.1) is 0 Å². The number of ether oxygens (including phenoxy) is 1. The molecule has 1 fully saturated rings. The molecule has 162 valence electrons. The molecule has 2 N–H and O–H groups in total. The van der Waals surface area contributed by atoms with Gasteiger partial charge in [-0.05, 0) is 49.4 Å². The van der Waals surface area contributed by atoms with Crippen molar-refractivity contribution in [1.29, 1.82) is 0 Å². The molecule has 2 aromatic rings. The summed E-state index contributed by atoms with van der Waals surface area (Å²) in [6.07, 6.45) is 0. The Morgan fingerprint density at radius 3 is 2.47 bits per heavy atom. The van der Waals surface area contributed by atoms with E-state index in [0.29, 0.717) is 24.5 Å². The van der Waals surface area contributed by atoms with Gasteiger partial charge < -0.3 is 10.1 Å². The van der Waals surface area contributed by atoms with E-state index in [0.717, 1.165) is 19.6 Å². The van der Waals surface area contributed by atoms with Gasteiger partial charge in [0.15, 0.2) is 0 Å². The van der Waals surface area contributed by atoms with E-state index in [1.54, 1.807) is 12.1 Å². The molecule has 1 aliphatic heterocycles. The number of rotatable bonds is 7. The number of morpholine rings is 1. The van der Waals surface area contributed by atoms with Crippen LogP contribution in [-0.2, 0) is 14.8 Å². The number of halogens is 2. The van der Waals surface area contributed by atoms with Gasteiger partial charge in [-0.2, -0.15) is 0 Å². The molecule has 0 radical (unpaired) electrons. The summed E-state index contributed by atoms with van der Waals surface area (Å²) in [6.45, 7) is 5.81. The fourth-order valence-corrected chi connectivity index (χ4v) is 4.93. The maximum Gasteiger partial charge on any atom is 0.263 e. The lowest BCUT2D eigenvalue weighted by molar-refractivity contribution is 0.0342. The van der Waals surface area contributed by atoms with Crippen LogP contribution in [0.2, 0.25) is 10.0 Å². The number of carbonyl (C=O) groups excluding carboxylic acids is 1. The molecular weight excluding hydrogens is 449 g/mol. The summed E-state index contributed by atoms with van der Waals surface area (Å²) in [4.78, 5) is 14.6. The number of hydrogen-bond acceptors (Lipinski definition) is 5. The molecule has 1 unspecified atom stereocenters. The van der Waals surface area contributed by atoms with Crippen LogP contribution in [0.5, 0.6) is 0 Å². The second-order valence-corrected chi connectivity index (χ2v) is 9.54. The molecule has 1 amide bonds. The summed E-state index contributed by atoms with van der Waals surface area (Å²) in [5, 5.41) is 3.29. The van der Waals surface area contributed by atoms with Crippen LogP contribution >= 0.6 is 23.2 Å². The summed E-state index contributed by atoms with van der Waals surface area (Å²) < 4.78 is 32.9. The number of hydrogen-bond donors (Lipinski definition) is 2. The highest BCUT2D eigenvalue weighted by molar-refractivity contribution is 7.92. The Balaban J connectivity index is 1.61. The SMILES string of the molecule is CC(CN1CCOCC1)NC(=O)c1ccc(NS(=O)(=O)c2cc(Cl)ccc2Cl)cc1. The summed E-state index contributed by atoms with van der Waals surface area (Å²) >= 11 is 11.9. The van der Waals surface area contributed by atoms with E-state index in [-0.39, 0.29) is 26.9 Å². The third-order valence-corrected chi connectivity index (χ3v) is 6.69. The van der Waals surface area contributed by atoms with Gasteiger partial charge in [0.25, 0.3) is 15.9 Å². The Morgan fingerprint density at radius 2 is 1.80 bits per heavy atom. The number of benzene rings is 2. The largest absolute Gasteiger partial charge is 0.379 e. The molecule has 10 heteroatoms. The fourth-order valence-electron chi connectivity index (χ4n) is 3.11. The quantitative estimate of drug-likeness (QED) is 0.646. The van der Waals surface area contributed by atoms with Gasteiger partial charge in [0.2, 0.25) is 0 Å².